The van der Waals surface area contributed by atoms with Gasteiger partial charge in [0.25, 0.3) is 0 Å². The highest BCUT2D eigenvalue weighted by atomic mass is 19.4. The van der Waals surface area contributed by atoms with Crippen LogP contribution in [-0.4, -0.2) is 65.8 Å². The first-order valence-electron chi connectivity index (χ1n) is 15.3. The number of hydrogen-bond acceptors (Lipinski definition) is 8. The van der Waals surface area contributed by atoms with Crippen molar-refractivity contribution in [2.24, 2.45) is 5.92 Å². The summed E-state index contributed by atoms with van der Waals surface area (Å²) < 4.78 is 47.8. The first-order chi connectivity index (χ1) is 22.1. The lowest BCUT2D eigenvalue weighted by atomic mass is 9.97. The Balaban J connectivity index is 1.20. The van der Waals surface area contributed by atoms with Gasteiger partial charge in [-0.15, -0.1) is 0 Å². The smallest absolute Gasteiger partial charge is 0.451 e. The summed E-state index contributed by atoms with van der Waals surface area (Å²) in [6, 6.07) is 17.6. The lowest BCUT2D eigenvalue weighted by Crippen LogP contribution is -2.44. The summed E-state index contributed by atoms with van der Waals surface area (Å²) in [5.41, 5.74) is 2.21. The number of benzene rings is 2. The van der Waals surface area contributed by atoms with Crippen LogP contribution in [0.1, 0.15) is 48.2 Å². The fourth-order valence-electron chi connectivity index (χ4n) is 5.75. The van der Waals surface area contributed by atoms with E-state index in [-0.39, 0.29) is 36.6 Å². The third kappa shape index (κ3) is 8.65. The van der Waals surface area contributed by atoms with Crippen LogP contribution in [0.4, 0.5) is 24.8 Å². The number of carbonyl (C=O) groups is 2. The lowest BCUT2D eigenvalue weighted by molar-refractivity contribution is -0.145. The number of amides is 1. The Morgan fingerprint density at radius 1 is 0.957 bits per heavy atom. The molecule has 2 aromatic carbocycles. The third-order valence-electron chi connectivity index (χ3n) is 8.21. The maximum absolute atomic E-state index is 13.9. The molecule has 1 amide bonds. The Morgan fingerprint density at radius 2 is 1.61 bits per heavy atom. The number of rotatable bonds is 10. The normalized spacial score (nSPS) is 17.3. The van der Waals surface area contributed by atoms with Gasteiger partial charge in [0.05, 0.1) is 24.0 Å². The number of anilines is 2. The molecule has 3 heterocycles. The van der Waals surface area contributed by atoms with Crippen LogP contribution in [0, 0.1) is 17.2 Å². The molecule has 46 heavy (non-hydrogen) atoms. The molecule has 0 bridgehead atoms. The van der Waals surface area contributed by atoms with E-state index >= 15 is 0 Å². The zero-order valence-corrected chi connectivity index (χ0v) is 25.2. The fraction of sp³-hybridized carbons (Fsp3) is 0.424. The third-order valence-corrected chi connectivity index (χ3v) is 8.21. The minimum Gasteiger partial charge on any atom is -0.490 e. The lowest BCUT2D eigenvalue weighted by Gasteiger charge is -2.35. The van der Waals surface area contributed by atoms with Crippen molar-refractivity contribution in [2.45, 2.75) is 50.8 Å². The van der Waals surface area contributed by atoms with E-state index in [9.17, 15) is 22.8 Å². The van der Waals surface area contributed by atoms with E-state index in [1.807, 2.05) is 12.1 Å². The van der Waals surface area contributed by atoms with Crippen LogP contribution >= 0.6 is 0 Å². The first kappa shape index (κ1) is 32.5. The molecular weight excluding hydrogens is 601 g/mol. The zero-order chi connectivity index (χ0) is 32.7. The van der Waals surface area contributed by atoms with Crippen molar-refractivity contribution >= 4 is 23.5 Å². The predicted molar refractivity (Wildman–Crippen MR) is 163 cm³/mol. The molecule has 2 saturated heterocycles. The number of halogens is 3. The highest BCUT2D eigenvalue weighted by molar-refractivity contribution is 5.79. The SMILES string of the molecule is N#Cc1ccc(CCNC(=O)[C@@H]2CCCN(c3cc(N4CCC(Oc5ccc(CC(=O)O)cc5)CC4)nc(C(F)(F)F)n3)C2)cc1. The monoisotopic (exact) mass is 636 g/mol. The number of carbonyl (C=O) groups excluding carboxylic acids is 1. The molecule has 0 spiro atoms. The summed E-state index contributed by atoms with van der Waals surface area (Å²) >= 11 is 0. The summed E-state index contributed by atoms with van der Waals surface area (Å²) in [6.45, 7) is 1.99. The average Bonchev–Trinajstić information content (AvgIpc) is 3.05. The number of nitrogens with zero attached hydrogens (tertiary/aromatic N) is 5. The molecule has 2 aliphatic rings. The molecule has 242 valence electrons. The summed E-state index contributed by atoms with van der Waals surface area (Å²) in [4.78, 5) is 35.2. The van der Waals surface area contributed by atoms with E-state index in [1.54, 1.807) is 52.3 Å². The van der Waals surface area contributed by atoms with Gasteiger partial charge in [-0.05, 0) is 54.7 Å². The number of ether oxygens (including phenoxy) is 1. The topological polar surface area (TPSA) is 132 Å². The number of carboxylic acids is 1. The number of alkyl halides is 3. The number of hydrogen-bond donors (Lipinski definition) is 2. The number of nitrogens with one attached hydrogen (secondary N) is 1. The van der Waals surface area contributed by atoms with Crippen LogP contribution in [-0.2, 0) is 28.6 Å². The summed E-state index contributed by atoms with van der Waals surface area (Å²) in [6.07, 6.45) is -1.99. The molecular formula is C33H35F3N6O4. The summed E-state index contributed by atoms with van der Waals surface area (Å²) in [5, 5.41) is 20.8. The molecule has 3 aromatic rings. The van der Waals surface area contributed by atoms with Gasteiger partial charge in [0.15, 0.2) is 0 Å². The van der Waals surface area contributed by atoms with Gasteiger partial charge in [0, 0.05) is 51.6 Å². The molecule has 2 N–H and O–H groups in total. The minimum absolute atomic E-state index is 0.0776. The molecule has 1 atom stereocenters. The maximum atomic E-state index is 13.9. The van der Waals surface area contributed by atoms with Gasteiger partial charge in [-0.2, -0.15) is 18.4 Å². The van der Waals surface area contributed by atoms with Gasteiger partial charge >= 0.3 is 12.1 Å². The Kier molecular flexibility index (Phi) is 10.2. The van der Waals surface area contributed by atoms with Gasteiger partial charge < -0.3 is 25.0 Å². The number of nitriles is 1. The molecule has 0 unspecified atom stereocenters. The van der Waals surface area contributed by atoms with Crippen LogP contribution in [0.3, 0.4) is 0 Å². The summed E-state index contributed by atoms with van der Waals surface area (Å²) in [5.74, 6) is -1.74. The molecule has 0 aliphatic carbocycles. The van der Waals surface area contributed by atoms with E-state index in [1.165, 1.54) is 0 Å². The number of carboxylic acid groups (broad SMARTS) is 1. The Morgan fingerprint density at radius 3 is 2.24 bits per heavy atom. The molecule has 0 radical (unpaired) electrons. The largest absolute Gasteiger partial charge is 0.490 e. The van der Waals surface area contributed by atoms with Crippen molar-refractivity contribution in [3.8, 4) is 11.8 Å². The van der Waals surface area contributed by atoms with Crippen LogP contribution in [0.15, 0.2) is 54.6 Å². The molecule has 0 saturated carbocycles. The van der Waals surface area contributed by atoms with Crippen LogP contribution in [0.2, 0.25) is 0 Å². The second-order valence-corrected chi connectivity index (χ2v) is 11.6. The number of aromatic nitrogens is 2. The van der Waals surface area contributed by atoms with Gasteiger partial charge in [-0.25, -0.2) is 9.97 Å². The quantitative estimate of drug-likeness (QED) is 0.327. The zero-order valence-electron chi connectivity index (χ0n) is 25.2. The van der Waals surface area contributed by atoms with E-state index in [4.69, 9.17) is 15.1 Å². The van der Waals surface area contributed by atoms with Gasteiger partial charge in [-0.1, -0.05) is 24.3 Å². The maximum Gasteiger partial charge on any atom is 0.451 e. The van der Waals surface area contributed by atoms with Gasteiger partial charge in [0.1, 0.15) is 23.5 Å². The highest BCUT2D eigenvalue weighted by Crippen LogP contribution is 2.33. The van der Waals surface area contributed by atoms with E-state index in [0.29, 0.717) is 75.2 Å². The molecule has 1 aromatic heterocycles. The standard InChI is InChI=1S/C33H35F3N6O4/c34-33(35,36)32-39-28(41-16-12-27(13-17-41)46-26-9-7-23(8-10-26)18-30(43)44)19-29(40-32)42-15-1-2-25(21-42)31(45)38-14-11-22-3-5-24(20-37)6-4-22/h3-10,19,25,27H,1-2,11-18,21H2,(H,38,45)(H,43,44)/t25-/m1/s1. The van der Waals surface area contributed by atoms with Crippen molar-refractivity contribution < 1.29 is 32.6 Å². The summed E-state index contributed by atoms with van der Waals surface area (Å²) in [7, 11) is 0. The van der Waals surface area contributed by atoms with Crippen LogP contribution in [0.5, 0.6) is 5.75 Å². The second kappa shape index (κ2) is 14.5. The van der Waals surface area contributed by atoms with Crippen LogP contribution < -0.4 is 19.9 Å². The molecule has 2 fully saturated rings. The van der Waals surface area contributed by atoms with E-state index in [2.05, 4.69) is 21.4 Å². The van der Waals surface area contributed by atoms with E-state index < -0.39 is 23.9 Å². The van der Waals surface area contributed by atoms with E-state index in [0.717, 1.165) is 5.56 Å². The predicted octanol–water partition coefficient (Wildman–Crippen LogP) is 4.62. The Hall–Kier alpha value is -4.86. The molecule has 2 aliphatic heterocycles. The Labute approximate surface area is 264 Å². The van der Waals surface area contributed by atoms with Crippen molar-refractivity contribution in [3.05, 3.63) is 77.1 Å². The highest BCUT2D eigenvalue weighted by Gasteiger charge is 2.37. The van der Waals surface area contributed by atoms with Gasteiger partial charge in [0.2, 0.25) is 11.7 Å². The number of aliphatic carboxylic acids is 1. The Bertz CT molecular complexity index is 1550. The van der Waals surface area contributed by atoms with Crippen molar-refractivity contribution in [3.63, 3.8) is 0 Å². The second-order valence-electron chi connectivity index (χ2n) is 11.6. The molecule has 5 rings (SSSR count). The first-order valence-corrected chi connectivity index (χ1v) is 15.3. The van der Waals surface area contributed by atoms with Gasteiger partial charge in [-0.3, -0.25) is 9.59 Å². The molecule has 10 nitrogen and oxygen atoms in total. The fourth-order valence-corrected chi connectivity index (χ4v) is 5.75. The minimum atomic E-state index is -4.74. The number of piperidine rings is 2. The average molecular weight is 637 g/mol. The van der Waals surface area contributed by atoms with Crippen molar-refractivity contribution in [2.75, 3.05) is 42.5 Å². The van der Waals surface area contributed by atoms with Crippen molar-refractivity contribution in [1.29, 1.82) is 5.26 Å². The molecule has 13 heteroatoms. The van der Waals surface area contributed by atoms with Crippen LogP contribution in [0.25, 0.3) is 0 Å². The van der Waals surface area contributed by atoms with Crippen molar-refractivity contribution in [1.82, 2.24) is 15.3 Å².